The Morgan fingerprint density at radius 1 is 1.11 bits per heavy atom. The summed E-state index contributed by atoms with van der Waals surface area (Å²) in [6, 6.07) is 9.16. The zero-order chi connectivity index (χ0) is 19.5. The van der Waals surface area contributed by atoms with Gasteiger partial charge in [-0.05, 0) is 48.7 Å². The predicted molar refractivity (Wildman–Crippen MR) is 102 cm³/mol. The lowest BCUT2D eigenvalue weighted by molar-refractivity contribution is -0.117. The molecule has 4 rings (SSSR count). The van der Waals surface area contributed by atoms with E-state index in [-0.39, 0.29) is 22.9 Å². The van der Waals surface area contributed by atoms with Gasteiger partial charge in [-0.2, -0.15) is 0 Å². The van der Waals surface area contributed by atoms with E-state index < -0.39 is 5.82 Å². The van der Waals surface area contributed by atoms with Crippen LogP contribution in [0.3, 0.4) is 0 Å². The summed E-state index contributed by atoms with van der Waals surface area (Å²) in [5.41, 5.74) is 0.478. The first kappa shape index (κ1) is 18.1. The highest BCUT2D eigenvalue weighted by molar-refractivity contribution is 6.28. The van der Waals surface area contributed by atoms with Crippen molar-refractivity contribution in [2.45, 2.75) is 12.8 Å². The highest BCUT2D eigenvalue weighted by atomic mass is 35.5. The summed E-state index contributed by atoms with van der Waals surface area (Å²) in [5.74, 6) is 0.655. The van der Waals surface area contributed by atoms with Crippen molar-refractivity contribution in [3.63, 3.8) is 0 Å². The van der Waals surface area contributed by atoms with Gasteiger partial charge < -0.3 is 15.4 Å². The Labute approximate surface area is 165 Å². The molecule has 2 heterocycles. The molecule has 1 aliphatic carbocycles. The third-order valence-electron chi connectivity index (χ3n) is 3.99. The maximum atomic E-state index is 14.4. The van der Waals surface area contributed by atoms with Crippen molar-refractivity contribution in [2.75, 3.05) is 10.6 Å². The molecule has 0 aliphatic heterocycles. The summed E-state index contributed by atoms with van der Waals surface area (Å²) in [4.78, 5) is 23.7. The summed E-state index contributed by atoms with van der Waals surface area (Å²) in [6.07, 6.45) is 4.78. The number of benzene rings is 1. The third-order valence-corrected chi connectivity index (χ3v) is 4.17. The number of anilines is 3. The third kappa shape index (κ3) is 4.52. The van der Waals surface area contributed by atoms with Gasteiger partial charge in [-0.3, -0.25) is 4.79 Å². The first-order chi connectivity index (χ1) is 13.6. The molecular weight excluding hydrogens is 385 g/mol. The van der Waals surface area contributed by atoms with Gasteiger partial charge in [0.25, 0.3) is 0 Å². The van der Waals surface area contributed by atoms with E-state index in [0.29, 0.717) is 23.1 Å². The molecule has 1 saturated carbocycles. The van der Waals surface area contributed by atoms with Crippen LogP contribution in [0.25, 0.3) is 0 Å². The zero-order valence-corrected chi connectivity index (χ0v) is 15.3. The fraction of sp³-hybridized carbons (Fsp3) is 0.158. The number of nitrogens with zero attached hydrogens (tertiary/aromatic N) is 3. The summed E-state index contributed by atoms with van der Waals surface area (Å²) >= 11 is 5.74. The molecule has 1 fully saturated rings. The molecule has 7 nitrogen and oxygen atoms in total. The van der Waals surface area contributed by atoms with E-state index in [4.69, 9.17) is 16.3 Å². The molecule has 28 heavy (non-hydrogen) atoms. The Morgan fingerprint density at radius 2 is 1.93 bits per heavy atom. The van der Waals surface area contributed by atoms with Crippen LogP contribution in [0.4, 0.5) is 21.7 Å². The van der Waals surface area contributed by atoms with Crippen molar-refractivity contribution in [2.24, 2.45) is 5.92 Å². The van der Waals surface area contributed by atoms with Crippen LogP contribution < -0.4 is 15.4 Å². The first-order valence-corrected chi connectivity index (χ1v) is 8.94. The highest BCUT2D eigenvalue weighted by Crippen LogP contribution is 2.31. The molecule has 0 atom stereocenters. The second-order valence-corrected chi connectivity index (χ2v) is 6.56. The van der Waals surface area contributed by atoms with Crippen molar-refractivity contribution >= 4 is 34.8 Å². The largest absolute Gasteiger partial charge is 0.454 e. The lowest BCUT2D eigenvalue weighted by atomic mass is 10.3. The number of rotatable bonds is 6. The van der Waals surface area contributed by atoms with Gasteiger partial charge in [0.1, 0.15) is 17.4 Å². The second kappa shape index (κ2) is 7.77. The predicted octanol–water partition coefficient (Wildman–Crippen LogP) is 4.55. The Bertz CT molecular complexity index is 1030. The summed E-state index contributed by atoms with van der Waals surface area (Å²) in [7, 11) is 0. The number of hydrogen-bond donors (Lipinski definition) is 2. The molecular formula is C19H15ClFN5O2. The molecule has 0 spiro atoms. The SMILES string of the molecule is O=C(Nc1cc(Oc2ccc(Nc3ccnc(Cl)n3)cc2F)ccn1)C1CC1. The Kier molecular flexibility index (Phi) is 5.03. The second-order valence-electron chi connectivity index (χ2n) is 6.22. The fourth-order valence-electron chi connectivity index (χ4n) is 2.46. The van der Waals surface area contributed by atoms with Crippen LogP contribution in [-0.2, 0) is 4.79 Å². The van der Waals surface area contributed by atoms with Crippen LogP contribution in [0.1, 0.15) is 12.8 Å². The fourth-order valence-corrected chi connectivity index (χ4v) is 2.60. The number of pyridine rings is 1. The average Bonchev–Trinajstić information content (AvgIpc) is 3.50. The van der Waals surface area contributed by atoms with Crippen molar-refractivity contribution in [1.82, 2.24) is 15.0 Å². The maximum absolute atomic E-state index is 14.4. The average molecular weight is 400 g/mol. The summed E-state index contributed by atoms with van der Waals surface area (Å²) < 4.78 is 20.0. The number of carbonyl (C=O) groups is 1. The number of hydrogen-bond acceptors (Lipinski definition) is 6. The lowest BCUT2D eigenvalue weighted by Crippen LogP contribution is -2.14. The molecule has 142 valence electrons. The molecule has 1 aromatic carbocycles. The minimum Gasteiger partial charge on any atom is -0.454 e. The van der Waals surface area contributed by atoms with E-state index in [1.807, 2.05) is 0 Å². The number of halogens is 2. The van der Waals surface area contributed by atoms with Gasteiger partial charge in [-0.25, -0.2) is 19.3 Å². The van der Waals surface area contributed by atoms with Gasteiger partial charge in [0.2, 0.25) is 11.2 Å². The molecule has 1 aliphatic rings. The smallest absolute Gasteiger partial charge is 0.228 e. The minimum absolute atomic E-state index is 0.0388. The molecule has 0 bridgehead atoms. The minimum atomic E-state index is -0.564. The normalized spacial score (nSPS) is 13.1. The zero-order valence-electron chi connectivity index (χ0n) is 14.5. The van der Waals surface area contributed by atoms with Crippen molar-refractivity contribution in [3.8, 4) is 11.5 Å². The Hall–Kier alpha value is -3.26. The van der Waals surface area contributed by atoms with Crippen LogP contribution in [0.15, 0.2) is 48.8 Å². The number of carbonyl (C=O) groups excluding carboxylic acids is 1. The molecule has 3 aromatic rings. The van der Waals surface area contributed by atoms with Crippen LogP contribution in [-0.4, -0.2) is 20.9 Å². The number of amides is 1. The van der Waals surface area contributed by atoms with Crippen molar-refractivity contribution in [3.05, 3.63) is 59.9 Å². The quantitative estimate of drug-likeness (QED) is 0.591. The molecule has 0 radical (unpaired) electrons. The highest BCUT2D eigenvalue weighted by Gasteiger charge is 2.29. The number of ether oxygens (including phenoxy) is 1. The molecule has 9 heteroatoms. The van der Waals surface area contributed by atoms with E-state index in [2.05, 4.69) is 25.6 Å². The standard InChI is InChI=1S/C19H15ClFN5O2/c20-19-23-8-6-16(26-19)24-12-3-4-15(14(21)9-12)28-13-5-7-22-17(10-13)25-18(27)11-1-2-11/h3-11H,1-2H2,(H,22,25,27)(H,23,24,26). The van der Waals surface area contributed by atoms with E-state index in [9.17, 15) is 9.18 Å². The van der Waals surface area contributed by atoms with Gasteiger partial charge in [0.15, 0.2) is 11.6 Å². The van der Waals surface area contributed by atoms with Crippen LogP contribution in [0.2, 0.25) is 5.28 Å². The van der Waals surface area contributed by atoms with E-state index >= 15 is 0 Å². The number of nitrogens with one attached hydrogen (secondary N) is 2. The molecule has 2 aromatic heterocycles. The van der Waals surface area contributed by atoms with Gasteiger partial charge in [0.05, 0.1) is 0 Å². The van der Waals surface area contributed by atoms with Crippen molar-refractivity contribution in [1.29, 1.82) is 0 Å². The topological polar surface area (TPSA) is 89.0 Å². The lowest BCUT2D eigenvalue weighted by Gasteiger charge is -2.11. The van der Waals surface area contributed by atoms with E-state index in [1.165, 1.54) is 24.5 Å². The Morgan fingerprint density at radius 3 is 2.68 bits per heavy atom. The van der Waals surface area contributed by atoms with Gasteiger partial charge in [-0.1, -0.05) is 0 Å². The van der Waals surface area contributed by atoms with Crippen LogP contribution in [0.5, 0.6) is 11.5 Å². The Balaban J connectivity index is 1.45. The summed E-state index contributed by atoms with van der Waals surface area (Å²) in [5, 5.41) is 5.75. The molecule has 2 N–H and O–H groups in total. The van der Waals surface area contributed by atoms with Crippen LogP contribution in [0, 0.1) is 11.7 Å². The monoisotopic (exact) mass is 399 g/mol. The van der Waals surface area contributed by atoms with E-state index in [1.54, 1.807) is 24.3 Å². The maximum Gasteiger partial charge on any atom is 0.228 e. The number of aromatic nitrogens is 3. The van der Waals surface area contributed by atoms with Gasteiger partial charge in [-0.15, -0.1) is 0 Å². The van der Waals surface area contributed by atoms with E-state index in [0.717, 1.165) is 12.8 Å². The van der Waals surface area contributed by atoms with Crippen LogP contribution >= 0.6 is 11.6 Å². The van der Waals surface area contributed by atoms with Gasteiger partial charge in [0, 0.05) is 36.1 Å². The molecule has 0 unspecified atom stereocenters. The van der Waals surface area contributed by atoms with Crippen molar-refractivity contribution < 1.29 is 13.9 Å². The first-order valence-electron chi connectivity index (χ1n) is 8.57. The van der Waals surface area contributed by atoms with Gasteiger partial charge >= 0.3 is 0 Å². The summed E-state index contributed by atoms with van der Waals surface area (Å²) in [6.45, 7) is 0. The molecule has 0 saturated heterocycles. The molecule has 1 amide bonds.